The van der Waals surface area contributed by atoms with Gasteiger partial charge in [-0.15, -0.1) is 0 Å². The van der Waals surface area contributed by atoms with Gasteiger partial charge in [0.2, 0.25) is 10.9 Å². The largest absolute Gasteiger partial charge is 0.481 e. The van der Waals surface area contributed by atoms with Gasteiger partial charge in [-0.1, -0.05) is 38.5 Å². The Balaban J connectivity index is 2.00. The number of aliphatic carboxylic acids is 1. The minimum atomic E-state index is -1.28. The molecule has 0 bridgehead atoms. The van der Waals surface area contributed by atoms with E-state index in [1.807, 2.05) is 38.1 Å². The van der Waals surface area contributed by atoms with Crippen LogP contribution in [0.1, 0.15) is 62.3 Å². The molecule has 1 heterocycles. The van der Waals surface area contributed by atoms with Crippen LogP contribution in [-0.4, -0.2) is 17.6 Å². The number of anilines is 1. The van der Waals surface area contributed by atoms with Crippen molar-refractivity contribution in [3.8, 4) is 6.07 Å². The molecule has 1 N–H and O–H groups in total. The van der Waals surface area contributed by atoms with Crippen LogP contribution in [0.25, 0.3) is 10.9 Å². The zero-order valence-corrected chi connectivity index (χ0v) is 17.5. The molecule has 0 saturated heterocycles. The van der Waals surface area contributed by atoms with E-state index in [0.717, 1.165) is 29.8 Å². The summed E-state index contributed by atoms with van der Waals surface area (Å²) in [6, 6.07) is 8.40. The van der Waals surface area contributed by atoms with Crippen molar-refractivity contribution in [1.29, 1.82) is 5.26 Å². The molecule has 3 rings (SSSR count). The topological polar surface area (TPSA) is 103 Å². The first-order valence-corrected chi connectivity index (χ1v) is 10.1. The molecule has 1 aliphatic rings. The van der Waals surface area contributed by atoms with E-state index in [2.05, 4.69) is 9.74 Å². The number of rotatable bonds is 8. The lowest BCUT2D eigenvalue weighted by molar-refractivity contribution is -0.137. The molecule has 1 unspecified atom stereocenters. The molecular weight excluding hydrogens is 394 g/mol. The Bertz CT molecular complexity index is 1190. The third-order valence-corrected chi connectivity index (χ3v) is 5.86. The van der Waals surface area contributed by atoms with E-state index in [-0.39, 0.29) is 17.5 Å². The molecule has 2 aromatic carbocycles. The quantitative estimate of drug-likeness (QED) is 0.400. The molecule has 7 nitrogen and oxygen atoms in total. The Kier molecular flexibility index (Phi) is 6.08. The van der Waals surface area contributed by atoms with Crippen molar-refractivity contribution in [2.75, 3.05) is 11.4 Å². The number of para-hydroxylation sites is 1. The Hall–Kier alpha value is -3.71. The number of carboxylic acid groups (broad SMARTS) is 1. The number of hydrogen-bond donors (Lipinski definition) is 1. The molecule has 0 fully saturated rings. The first-order chi connectivity index (χ1) is 14.7. The number of benzene rings is 1. The van der Waals surface area contributed by atoms with Crippen LogP contribution < -0.4 is 15.8 Å². The van der Waals surface area contributed by atoms with Crippen molar-refractivity contribution in [2.45, 2.75) is 51.0 Å². The average molecular weight is 417 g/mol. The molecule has 0 amide bonds. The van der Waals surface area contributed by atoms with Crippen molar-refractivity contribution in [1.82, 2.24) is 0 Å². The third-order valence-electron chi connectivity index (χ3n) is 5.86. The van der Waals surface area contributed by atoms with Crippen LogP contribution >= 0.6 is 0 Å². The molecule has 1 aliphatic heterocycles. The molecule has 0 saturated carbocycles. The highest BCUT2D eigenvalue weighted by Gasteiger charge is 2.41. The van der Waals surface area contributed by atoms with E-state index in [1.54, 1.807) is 12.1 Å². The molecule has 0 aliphatic carbocycles. The standard InChI is InChI=1S/C24H23N3O4/c1-24(2)16-9-6-7-10-18(16)27(12-8-4-5-11-20(28)29)19(24)13-15-21(17(14-25)26-3)23(31)22(15)30/h6-7,9-10,13,17H,4-5,8,11-12H2,1-2H3,(H,28,29). The lowest BCUT2D eigenvalue weighted by atomic mass is 9.82. The van der Waals surface area contributed by atoms with Crippen LogP contribution in [0.15, 0.2) is 39.6 Å². The normalized spacial score (nSPS) is 16.6. The summed E-state index contributed by atoms with van der Waals surface area (Å²) >= 11 is 0. The minimum absolute atomic E-state index is 0.0248. The van der Waals surface area contributed by atoms with Gasteiger partial charge < -0.3 is 10.0 Å². The molecule has 2 aromatic rings. The summed E-state index contributed by atoms with van der Waals surface area (Å²) in [6.07, 6.45) is 3.88. The molecule has 0 radical (unpaired) electrons. The summed E-state index contributed by atoms with van der Waals surface area (Å²) in [4.78, 5) is 40.4. The van der Waals surface area contributed by atoms with Crippen LogP contribution in [0.5, 0.6) is 0 Å². The van der Waals surface area contributed by atoms with E-state index in [4.69, 9.17) is 11.7 Å². The van der Waals surface area contributed by atoms with Gasteiger partial charge in [0.05, 0.1) is 0 Å². The van der Waals surface area contributed by atoms with E-state index in [1.165, 1.54) is 0 Å². The Morgan fingerprint density at radius 3 is 2.61 bits per heavy atom. The first-order valence-electron chi connectivity index (χ1n) is 10.1. The van der Waals surface area contributed by atoms with Crippen molar-refractivity contribution in [2.24, 2.45) is 0 Å². The summed E-state index contributed by atoms with van der Waals surface area (Å²) in [6.45, 7) is 11.9. The van der Waals surface area contributed by atoms with Gasteiger partial charge in [-0.25, -0.2) is 6.57 Å². The summed E-state index contributed by atoms with van der Waals surface area (Å²) in [7, 11) is 0. The number of nitrogens with zero attached hydrogens (tertiary/aromatic N) is 3. The number of nitriles is 1. The maximum Gasteiger partial charge on any atom is 0.337 e. The van der Waals surface area contributed by atoms with Crippen LogP contribution in [0.2, 0.25) is 0 Å². The van der Waals surface area contributed by atoms with Gasteiger partial charge in [0, 0.05) is 35.3 Å². The molecule has 0 spiro atoms. The monoisotopic (exact) mass is 417 g/mol. The molecular formula is C24H23N3O4. The van der Waals surface area contributed by atoms with Gasteiger partial charge in [-0.3, -0.25) is 19.2 Å². The van der Waals surface area contributed by atoms with Gasteiger partial charge in [-0.2, -0.15) is 5.26 Å². The summed E-state index contributed by atoms with van der Waals surface area (Å²) in [5, 5.41) is 18.0. The van der Waals surface area contributed by atoms with E-state index < -0.39 is 28.3 Å². The van der Waals surface area contributed by atoms with Gasteiger partial charge in [-0.05, 0) is 30.5 Å². The zero-order valence-electron chi connectivity index (χ0n) is 17.5. The summed E-state index contributed by atoms with van der Waals surface area (Å²) in [5.41, 5.74) is 1.13. The number of allylic oxidation sites excluding steroid dienone is 1. The van der Waals surface area contributed by atoms with E-state index in [0.29, 0.717) is 13.0 Å². The second-order valence-electron chi connectivity index (χ2n) is 8.17. The maximum atomic E-state index is 12.3. The molecule has 7 heteroatoms. The highest BCUT2D eigenvalue weighted by molar-refractivity contribution is 5.77. The lowest BCUT2D eigenvalue weighted by Gasteiger charge is -2.27. The Morgan fingerprint density at radius 2 is 1.97 bits per heavy atom. The van der Waals surface area contributed by atoms with E-state index in [9.17, 15) is 19.6 Å². The number of hydrogen-bond acceptors (Lipinski definition) is 5. The maximum absolute atomic E-state index is 12.3. The van der Waals surface area contributed by atoms with Crippen LogP contribution in [0.4, 0.5) is 5.69 Å². The highest BCUT2D eigenvalue weighted by atomic mass is 16.4. The van der Waals surface area contributed by atoms with Crippen molar-refractivity contribution in [3.63, 3.8) is 0 Å². The second kappa shape index (κ2) is 8.57. The van der Waals surface area contributed by atoms with Gasteiger partial charge in [0.1, 0.15) is 5.56 Å². The minimum Gasteiger partial charge on any atom is -0.481 e. The summed E-state index contributed by atoms with van der Waals surface area (Å²) < 4.78 is 0. The highest BCUT2D eigenvalue weighted by Crippen LogP contribution is 2.48. The predicted molar refractivity (Wildman–Crippen MR) is 117 cm³/mol. The molecule has 0 aromatic heterocycles. The zero-order chi connectivity index (χ0) is 22.8. The van der Waals surface area contributed by atoms with Crippen molar-refractivity contribution in [3.05, 3.63) is 78.5 Å². The van der Waals surface area contributed by atoms with E-state index >= 15 is 0 Å². The Morgan fingerprint density at radius 1 is 1.26 bits per heavy atom. The molecule has 158 valence electrons. The molecule has 1 atom stereocenters. The number of fused-ring (bicyclic) bond motifs is 1. The second-order valence-corrected chi connectivity index (χ2v) is 8.17. The average Bonchev–Trinajstić information content (AvgIpc) is 2.96. The van der Waals surface area contributed by atoms with Gasteiger partial charge >= 0.3 is 12.0 Å². The predicted octanol–water partition coefficient (Wildman–Crippen LogP) is 3.55. The first kappa shape index (κ1) is 22.0. The Labute approximate surface area is 180 Å². The van der Waals surface area contributed by atoms with Crippen molar-refractivity contribution < 1.29 is 9.90 Å². The van der Waals surface area contributed by atoms with Crippen molar-refractivity contribution >= 4 is 17.7 Å². The summed E-state index contributed by atoms with van der Waals surface area (Å²) in [5.74, 6) is -0.812. The van der Waals surface area contributed by atoms with Gasteiger partial charge in [0.25, 0.3) is 0 Å². The molecule has 31 heavy (non-hydrogen) atoms. The van der Waals surface area contributed by atoms with Crippen LogP contribution in [0, 0.1) is 17.9 Å². The number of unbranched alkanes of at least 4 members (excludes halogenated alkanes) is 2. The van der Waals surface area contributed by atoms with Crippen LogP contribution in [-0.2, 0) is 10.2 Å². The third kappa shape index (κ3) is 3.87. The fourth-order valence-electron chi connectivity index (χ4n) is 4.20. The fraction of sp³-hybridized carbons (Fsp3) is 0.375. The number of carboxylic acids is 1. The van der Waals surface area contributed by atoms with Gasteiger partial charge in [0.15, 0.2) is 6.07 Å². The van der Waals surface area contributed by atoms with Crippen LogP contribution in [0.3, 0.4) is 0 Å². The number of carbonyl (C=O) groups is 1. The SMILES string of the molecule is [C-]#[N+]C(C#N)c1c(C=C2N(CCCCCC(=O)O)c3ccccc3C2(C)C)c(=O)c1=O. The fourth-order valence-corrected chi connectivity index (χ4v) is 4.20. The smallest absolute Gasteiger partial charge is 0.337 e. The lowest BCUT2D eigenvalue weighted by Crippen LogP contribution is -2.40.